The molecule has 2 atom stereocenters. The molecular weight excluding hydrogens is 226 g/mol. The molecule has 0 bridgehead atoms. The van der Waals surface area contributed by atoms with E-state index in [9.17, 15) is 5.11 Å². The van der Waals surface area contributed by atoms with Gasteiger partial charge in [-0.05, 0) is 39.7 Å². The molecule has 2 unspecified atom stereocenters. The zero-order valence-corrected chi connectivity index (χ0v) is 11.5. The third-order valence-electron chi connectivity index (χ3n) is 3.85. The van der Waals surface area contributed by atoms with Gasteiger partial charge in [-0.15, -0.1) is 0 Å². The molecule has 0 aliphatic carbocycles. The van der Waals surface area contributed by atoms with Crippen LogP contribution in [0.2, 0.25) is 0 Å². The minimum absolute atomic E-state index is 0.207. The summed E-state index contributed by atoms with van der Waals surface area (Å²) in [5.74, 6) is 1.15. The van der Waals surface area contributed by atoms with Crippen LogP contribution in [0.4, 0.5) is 0 Å². The Balaban J connectivity index is 2.00. The number of aliphatic hydroxyl groups excluding tert-OH is 1. The van der Waals surface area contributed by atoms with Crippen LogP contribution in [-0.2, 0) is 13.1 Å². The van der Waals surface area contributed by atoms with Gasteiger partial charge in [-0.1, -0.05) is 6.42 Å². The van der Waals surface area contributed by atoms with Gasteiger partial charge in [0.2, 0.25) is 0 Å². The third-order valence-corrected chi connectivity index (χ3v) is 3.85. The largest absolute Gasteiger partial charge is 0.393 e. The lowest BCUT2D eigenvalue weighted by atomic mass is 9.97. The number of likely N-dealkylation sites (tertiary alicyclic amines) is 1. The lowest BCUT2D eigenvalue weighted by Gasteiger charge is -2.36. The summed E-state index contributed by atoms with van der Waals surface area (Å²) in [4.78, 5) is 6.94. The van der Waals surface area contributed by atoms with E-state index in [1.54, 1.807) is 0 Å². The Labute approximate surface area is 110 Å². The van der Waals surface area contributed by atoms with Crippen LogP contribution in [0.3, 0.4) is 0 Å². The first-order valence-electron chi connectivity index (χ1n) is 7.12. The monoisotopic (exact) mass is 251 g/mol. The molecule has 0 spiro atoms. The van der Waals surface area contributed by atoms with Gasteiger partial charge < -0.3 is 9.67 Å². The molecule has 0 aromatic carbocycles. The minimum Gasteiger partial charge on any atom is -0.393 e. The number of hydrogen-bond donors (Lipinski definition) is 1. The number of rotatable bonds is 5. The van der Waals surface area contributed by atoms with Gasteiger partial charge in [0.25, 0.3) is 0 Å². The quantitative estimate of drug-likeness (QED) is 0.870. The number of nitrogens with zero attached hydrogens (tertiary/aromatic N) is 3. The highest BCUT2D eigenvalue weighted by Gasteiger charge is 2.24. The van der Waals surface area contributed by atoms with E-state index in [4.69, 9.17) is 0 Å². The topological polar surface area (TPSA) is 41.3 Å². The van der Waals surface area contributed by atoms with Gasteiger partial charge in [0.15, 0.2) is 0 Å². The average molecular weight is 251 g/mol. The average Bonchev–Trinajstić information content (AvgIpc) is 2.78. The van der Waals surface area contributed by atoms with E-state index < -0.39 is 0 Å². The first kappa shape index (κ1) is 13.6. The van der Waals surface area contributed by atoms with E-state index in [1.165, 1.54) is 19.3 Å². The van der Waals surface area contributed by atoms with Crippen molar-refractivity contribution in [1.29, 1.82) is 0 Å². The fourth-order valence-electron chi connectivity index (χ4n) is 2.89. The van der Waals surface area contributed by atoms with Gasteiger partial charge in [-0.3, -0.25) is 4.90 Å². The van der Waals surface area contributed by atoms with Gasteiger partial charge in [0.1, 0.15) is 5.82 Å². The number of hydrogen-bond acceptors (Lipinski definition) is 3. The molecule has 1 aromatic heterocycles. The fourth-order valence-corrected chi connectivity index (χ4v) is 2.89. The summed E-state index contributed by atoms with van der Waals surface area (Å²) >= 11 is 0. The number of imidazole rings is 1. The third kappa shape index (κ3) is 3.33. The van der Waals surface area contributed by atoms with Crippen molar-refractivity contribution in [1.82, 2.24) is 14.5 Å². The summed E-state index contributed by atoms with van der Waals surface area (Å²) in [7, 11) is 0. The molecule has 2 rings (SSSR count). The highest BCUT2D eigenvalue weighted by atomic mass is 16.3. The predicted molar refractivity (Wildman–Crippen MR) is 72.2 cm³/mol. The van der Waals surface area contributed by atoms with Crippen molar-refractivity contribution in [2.24, 2.45) is 0 Å². The zero-order valence-electron chi connectivity index (χ0n) is 11.5. The van der Waals surface area contributed by atoms with Crippen molar-refractivity contribution in [3.05, 3.63) is 18.2 Å². The summed E-state index contributed by atoms with van der Waals surface area (Å²) in [6.45, 7) is 7.06. The molecule has 4 nitrogen and oxygen atoms in total. The highest BCUT2D eigenvalue weighted by molar-refractivity contribution is 4.94. The maximum atomic E-state index is 9.60. The van der Waals surface area contributed by atoms with Crippen molar-refractivity contribution in [3.8, 4) is 0 Å². The molecule has 0 saturated carbocycles. The van der Waals surface area contributed by atoms with Gasteiger partial charge in [-0.25, -0.2) is 4.98 Å². The second-order valence-corrected chi connectivity index (χ2v) is 5.33. The van der Waals surface area contributed by atoms with Crippen LogP contribution in [0, 0.1) is 0 Å². The number of aryl methyl sites for hydroxylation is 1. The Bertz CT molecular complexity index is 362. The van der Waals surface area contributed by atoms with E-state index in [0.29, 0.717) is 6.04 Å². The smallest absolute Gasteiger partial charge is 0.122 e. The molecule has 0 amide bonds. The van der Waals surface area contributed by atoms with Gasteiger partial charge >= 0.3 is 0 Å². The fraction of sp³-hybridized carbons (Fsp3) is 0.786. The molecule has 1 fully saturated rings. The summed E-state index contributed by atoms with van der Waals surface area (Å²) in [6, 6.07) is 0.515. The maximum absolute atomic E-state index is 9.60. The Morgan fingerprint density at radius 2 is 2.33 bits per heavy atom. The summed E-state index contributed by atoms with van der Waals surface area (Å²) < 4.78 is 2.20. The molecule has 1 N–H and O–H groups in total. The zero-order chi connectivity index (χ0) is 13.0. The first-order valence-corrected chi connectivity index (χ1v) is 7.12. The molecule has 0 radical (unpaired) electrons. The highest BCUT2D eigenvalue weighted by Crippen LogP contribution is 2.22. The lowest BCUT2D eigenvalue weighted by molar-refractivity contribution is 0.0792. The minimum atomic E-state index is -0.207. The second kappa shape index (κ2) is 6.34. The van der Waals surface area contributed by atoms with Crippen LogP contribution in [0.15, 0.2) is 12.4 Å². The van der Waals surface area contributed by atoms with E-state index >= 15 is 0 Å². The summed E-state index contributed by atoms with van der Waals surface area (Å²) in [5, 5.41) is 9.60. The molecular formula is C14H25N3O. The predicted octanol–water partition coefficient (Wildman–Crippen LogP) is 2.03. The molecule has 1 aliphatic rings. The number of piperidine rings is 1. The van der Waals surface area contributed by atoms with Crippen LogP contribution in [-0.4, -0.2) is 38.2 Å². The van der Waals surface area contributed by atoms with Crippen molar-refractivity contribution in [3.63, 3.8) is 0 Å². The molecule has 1 saturated heterocycles. The molecule has 1 aliphatic heterocycles. The molecule has 1 aromatic rings. The van der Waals surface area contributed by atoms with Crippen molar-refractivity contribution in [2.75, 3.05) is 6.54 Å². The van der Waals surface area contributed by atoms with E-state index in [1.807, 2.05) is 19.3 Å². The van der Waals surface area contributed by atoms with Crippen molar-refractivity contribution >= 4 is 0 Å². The molecule has 4 heteroatoms. The second-order valence-electron chi connectivity index (χ2n) is 5.33. The Morgan fingerprint density at radius 1 is 1.50 bits per heavy atom. The van der Waals surface area contributed by atoms with E-state index in [-0.39, 0.29) is 6.10 Å². The first-order chi connectivity index (χ1) is 8.70. The lowest BCUT2D eigenvalue weighted by Crippen LogP contribution is -2.41. The van der Waals surface area contributed by atoms with Crippen LogP contribution in [0.5, 0.6) is 0 Å². The van der Waals surface area contributed by atoms with Crippen LogP contribution >= 0.6 is 0 Å². The van der Waals surface area contributed by atoms with Gasteiger partial charge in [-0.2, -0.15) is 0 Å². The molecule has 102 valence electrons. The summed E-state index contributed by atoms with van der Waals surface area (Å²) in [6.07, 6.45) is 8.36. The molecule has 2 heterocycles. The Hall–Kier alpha value is -0.870. The normalized spacial score (nSPS) is 23.2. The standard InChI is InChI=1S/C14H25N3O/c1-3-16-9-7-15-14(16)11-17-8-5-4-6-13(17)10-12(2)18/h7,9,12-13,18H,3-6,8,10-11H2,1-2H3. The van der Waals surface area contributed by atoms with Crippen LogP contribution < -0.4 is 0 Å². The van der Waals surface area contributed by atoms with Gasteiger partial charge in [0, 0.05) is 25.0 Å². The van der Waals surface area contributed by atoms with Crippen LogP contribution in [0.25, 0.3) is 0 Å². The summed E-state index contributed by atoms with van der Waals surface area (Å²) in [5.41, 5.74) is 0. The number of aromatic nitrogens is 2. The Kier molecular flexibility index (Phi) is 4.78. The van der Waals surface area contributed by atoms with E-state index in [2.05, 4.69) is 21.4 Å². The Morgan fingerprint density at radius 3 is 3.06 bits per heavy atom. The van der Waals surface area contributed by atoms with E-state index in [0.717, 1.165) is 31.9 Å². The molecule has 18 heavy (non-hydrogen) atoms. The number of aliphatic hydroxyl groups is 1. The SMILES string of the molecule is CCn1ccnc1CN1CCCCC1CC(C)O. The van der Waals surface area contributed by atoms with Crippen molar-refractivity contribution in [2.45, 2.75) is 64.8 Å². The van der Waals surface area contributed by atoms with Gasteiger partial charge in [0.05, 0.1) is 12.6 Å². The van der Waals surface area contributed by atoms with Crippen molar-refractivity contribution < 1.29 is 5.11 Å². The van der Waals surface area contributed by atoms with Crippen LogP contribution in [0.1, 0.15) is 45.4 Å². The maximum Gasteiger partial charge on any atom is 0.122 e.